The summed E-state index contributed by atoms with van der Waals surface area (Å²) in [6.07, 6.45) is 1.54. The minimum Gasteiger partial charge on any atom is -0.387 e. The Morgan fingerprint density at radius 3 is 2.62 bits per heavy atom. The average molecular weight is 236 g/mol. The maximum absolute atomic E-state index is 12.7. The van der Waals surface area contributed by atoms with Gasteiger partial charge in [-0.05, 0) is 17.7 Å². The van der Waals surface area contributed by atoms with E-state index in [-0.39, 0.29) is 10.8 Å². The van der Waals surface area contributed by atoms with Crippen LogP contribution in [0.1, 0.15) is 11.4 Å². The van der Waals surface area contributed by atoms with Gasteiger partial charge in [0.1, 0.15) is 17.1 Å². The molecule has 6 heteroatoms. The highest BCUT2D eigenvalue weighted by molar-refractivity contribution is 7.80. The van der Waals surface area contributed by atoms with Gasteiger partial charge in [0.25, 0.3) is 0 Å². The van der Waals surface area contributed by atoms with Gasteiger partial charge in [0.05, 0.1) is 6.54 Å². The molecule has 1 aromatic carbocycles. The quantitative estimate of drug-likeness (QED) is 0.811. The Morgan fingerprint density at radius 1 is 1.38 bits per heavy atom. The van der Waals surface area contributed by atoms with Gasteiger partial charge in [-0.2, -0.15) is 0 Å². The number of aromatic nitrogens is 3. The summed E-state index contributed by atoms with van der Waals surface area (Å²) in [5.41, 5.74) is 6.32. The van der Waals surface area contributed by atoms with Gasteiger partial charge in [0.2, 0.25) is 5.82 Å². The fraction of sp³-hybridized carbons (Fsp3) is 0.100. The molecule has 1 heterocycles. The highest BCUT2D eigenvalue weighted by Gasteiger charge is 2.03. The number of benzene rings is 1. The predicted octanol–water partition coefficient (Wildman–Crippen LogP) is 1.10. The molecular formula is C10H9FN4S. The topological polar surface area (TPSA) is 56.7 Å². The predicted molar refractivity (Wildman–Crippen MR) is 61.4 cm³/mol. The van der Waals surface area contributed by atoms with Crippen LogP contribution in [0.3, 0.4) is 0 Å². The van der Waals surface area contributed by atoms with Crippen LogP contribution in [0.15, 0.2) is 30.6 Å². The van der Waals surface area contributed by atoms with Crippen LogP contribution in [0.2, 0.25) is 0 Å². The first-order chi connectivity index (χ1) is 7.65. The lowest BCUT2D eigenvalue weighted by Crippen LogP contribution is -2.12. The van der Waals surface area contributed by atoms with E-state index in [2.05, 4.69) is 10.1 Å². The molecule has 2 N–H and O–H groups in total. The van der Waals surface area contributed by atoms with Crippen LogP contribution in [0.4, 0.5) is 4.39 Å². The van der Waals surface area contributed by atoms with E-state index >= 15 is 0 Å². The van der Waals surface area contributed by atoms with E-state index in [1.165, 1.54) is 18.5 Å². The largest absolute Gasteiger partial charge is 0.387 e. The molecule has 0 fully saturated rings. The molecule has 0 unspecified atom stereocenters. The fourth-order valence-electron chi connectivity index (χ4n) is 1.26. The van der Waals surface area contributed by atoms with E-state index in [4.69, 9.17) is 18.0 Å². The molecular weight excluding hydrogens is 227 g/mol. The van der Waals surface area contributed by atoms with Gasteiger partial charge >= 0.3 is 0 Å². The Kier molecular flexibility index (Phi) is 2.91. The van der Waals surface area contributed by atoms with Crippen molar-refractivity contribution in [2.75, 3.05) is 0 Å². The molecule has 0 amide bonds. The van der Waals surface area contributed by atoms with E-state index in [1.807, 2.05) is 0 Å². The summed E-state index contributed by atoms with van der Waals surface area (Å²) in [5, 5.41) is 4.07. The SMILES string of the molecule is NC(=S)c1ncn(Cc2ccc(F)cc2)n1. The summed E-state index contributed by atoms with van der Waals surface area (Å²) in [5.74, 6) is 0.0864. The smallest absolute Gasteiger partial charge is 0.208 e. The number of halogens is 1. The monoisotopic (exact) mass is 236 g/mol. The van der Waals surface area contributed by atoms with E-state index in [9.17, 15) is 4.39 Å². The molecule has 1 aromatic heterocycles. The first kappa shape index (κ1) is 10.7. The first-order valence-electron chi connectivity index (χ1n) is 4.59. The number of nitrogens with two attached hydrogens (primary N) is 1. The van der Waals surface area contributed by atoms with Gasteiger partial charge < -0.3 is 5.73 Å². The highest BCUT2D eigenvalue weighted by Crippen LogP contribution is 2.04. The molecule has 2 rings (SSSR count). The zero-order valence-electron chi connectivity index (χ0n) is 8.30. The number of rotatable bonds is 3. The molecule has 16 heavy (non-hydrogen) atoms. The lowest BCUT2D eigenvalue weighted by molar-refractivity contribution is 0.624. The minimum absolute atomic E-state index is 0.165. The Bertz CT molecular complexity index is 506. The Balaban J connectivity index is 2.14. The molecule has 4 nitrogen and oxygen atoms in total. The van der Waals surface area contributed by atoms with Crippen molar-refractivity contribution in [2.24, 2.45) is 5.73 Å². The third kappa shape index (κ3) is 2.40. The molecule has 82 valence electrons. The van der Waals surface area contributed by atoms with E-state index in [0.717, 1.165) is 5.56 Å². The summed E-state index contributed by atoms with van der Waals surface area (Å²) in [6.45, 7) is 0.510. The number of thiocarbonyl (C=S) groups is 1. The molecule has 0 aliphatic heterocycles. The van der Waals surface area contributed by atoms with Gasteiger partial charge in [-0.3, -0.25) is 0 Å². The van der Waals surface area contributed by atoms with Crippen LogP contribution >= 0.6 is 12.2 Å². The van der Waals surface area contributed by atoms with Gasteiger partial charge in [-0.15, -0.1) is 5.10 Å². The fourth-order valence-corrected chi connectivity index (χ4v) is 1.35. The summed E-state index contributed by atoms with van der Waals surface area (Å²) < 4.78 is 14.3. The third-order valence-corrected chi connectivity index (χ3v) is 2.20. The van der Waals surface area contributed by atoms with Gasteiger partial charge in [0, 0.05) is 0 Å². The normalized spacial score (nSPS) is 10.3. The van der Waals surface area contributed by atoms with Crippen molar-refractivity contribution in [3.63, 3.8) is 0 Å². The van der Waals surface area contributed by atoms with E-state index in [1.54, 1.807) is 16.8 Å². The molecule has 0 saturated heterocycles. The molecule has 0 saturated carbocycles. The van der Waals surface area contributed by atoms with Crippen molar-refractivity contribution in [1.82, 2.24) is 14.8 Å². The summed E-state index contributed by atoms with van der Waals surface area (Å²) in [4.78, 5) is 4.11. The second-order valence-corrected chi connectivity index (χ2v) is 3.70. The van der Waals surface area contributed by atoms with Gasteiger partial charge in [0.15, 0.2) is 0 Å². The lowest BCUT2D eigenvalue weighted by Gasteiger charge is -2.00. The number of nitrogens with zero attached hydrogens (tertiary/aromatic N) is 3. The summed E-state index contributed by atoms with van der Waals surface area (Å²) in [6, 6.07) is 6.19. The molecule has 0 aliphatic carbocycles. The standard InChI is InChI=1S/C10H9FN4S/c11-8-3-1-7(2-4-8)5-15-6-13-10(14-15)9(12)16/h1-4,6H,5H2,(H2,12,16). The zero-order valence-corrected chi connectivity index (χ0v) is 9.12. The van der Waals surface area contributed by atoms with Crippen molar-refractivity contribution < 1.29 is 4.39 Å². The maximum atomic E-state index is 12.7. The molecule has 0 radical (unpaired) electrons. The second kappa shape index (κ2) is 4.36. The number of hydrogen-bond acceptors (Lipinski definition) is 3. The van der Waals surface area contributed by atoms with Crippen LogP contribution in [0.5, 0.6) is 0 Å². The second-order valence-electron chi connectivity index (χ2n) is 3.26. The highest BCUT2D eigenvalue weighted by atomic mass is 32.1. The summed E-state index contributed by atoms with van der Waals surface area (Å²) >= 11 is 4.75. The molecule has 0 spiro atoms. The minimum atomic E-state index is -0.258. The zero-order chi connectivity index (χ0) is 11.5. The van der Waals surface area contributed by atoms with Gasteiger partial charge in [-0.25, -0.2) is 14.1 Å². The van der Waals surface area contributed by atoms with Crippen LogP contribution in [-0.2, 0) is 6.54 Å². The van der Waals surface area contributed by atoms with Crippen LogP contribution < -0.4 is 5.73 Å². The Hall–Kier alpha value is -1.82. The summed E-state index contributed by atoms with van der Waals surface area (Å²) in [7, 11) is 0. The van der Waals surface area contributed by atoms with Crippen LogP contribution in [0, 0.1) is 5.82 Å². The molecule has 0 bridgehead atoms. The van der Waals surface area contributed by atoms with E-state index in [0.29, 0.717) is 12.4 Å². The van der Waals surface area contributed by atoms with Crippen molar-refractivity contribution >= 4 is 17.2 Å². The first-order valence-corrected chi connectivity index (χ1v) is 4.99. The average Bonchev–Trinajstić information content (AvgIpc) is 2.70. The maximum Gasteiger partial charge on any atom is 0.208 e. The third-order valence-electron chi connectivity index (χ3n) is 2.01. The Morgan fingerprint density at radius 2 is 2.06 bits per heavy atom. The molecule has 2 aromatic rings. The van der Waals surface area contributed by atoms with Crippen molar-refractivity contribution in [2.45, 2.75) is 6.54 Å². The lowest BCUT2D eigenvalue weighted by atomic mass is 10.2. The molecule has 0 aliphatic rings. The van der Waals surface area contributed by atoms with E-state index < -0.39 is 0 Å². The van der Waals surface area contributed by atoms with Crippen LogP contribution in [0.25, 0.3) is 0 Å². The van der Waals surface area contributed by atoms with Crippen molar-refractivity contribution in [3.8, 4) is 0 Å². The Labute approximate surface area is 96.9 Å². The van der Waals surface area contributed by atoms with Crippen molar-refractivity contribution in [3.05, 3.63) is 47.8 Å². The van der Waals surface area contributed by atoms with Gasteiger partial charge in [-0.1, -0.05) is 24.4 Å². The van der Waals surface area contributed by atoms with Crippen molar-refractivity contribution in [1.29, 1.82) is 0 Å². The molecule has 0 atom stereocenters. The number of hydrogen-bond donors (Lipinski definition) is 1. The van der Waals surface area contributed by atoms with Crippen LogP contribution in [-0.4, -0.2) is 19.8 Å².